The number of hydrogen-bond donors (Lipinski definition) is 1. The zero-order chi connectivity index (χ0) is 24.8. The number of aryl methyl sites for hydroxylation is 1. The predicted octanol–water partition coefficient (Wildman–Crippen LogP) is 5.05. The summed E-state index contributed by atoms with van der Waals surface area (Å²) in [6.45, 7) is 6.16. The van der Waals surface area contributed by atoms with Gasteiger partial charge in [-0.2, -0.15) is 5.10 Å². The fraction of sp³-hybridized carbons (Fsp3) is 0.250. The number of carbonyl (C=O) groups is 1. The number of phenolic OH excluding ortho intramolecular Hbond substituents is 1. The van der Waals surface area contributed by atoms with E-state index in [1.165, 1.54) is 6.33 Å². The third kappa shape index (κ3) is 5.61. The van der Waals surface area contributed by atoms with Gasteiger partial charge in [0.15, 0.2) is 5.65 Å². The van der Waals surface area contributed by atoms with E-state index >= 15 is 0 Å². The van der Waals surface area contributed by atoms with Gasteiger partial charge in [-0.05, 0) is 67.8 Å². The monoisotopic (exact) mass is 469 g/mol. The number of fused-ring (bicyclic) bond motifs is 1. The maximum absolute atomic E-state index is 11.9. The van der Waals surface area contributed by atoms with Gasteiger partial charge < -0.3 is 14.6 Å². The van der Waals surface area contributed by atoms with Gasteiger partial charge in [-0.3, -0.25) is 4.79 Å². The van der Waals surface area contributed by atoms with E-state index in [-0.39, 0.29) is 24.1 Å². The zero-order valence-corrected chi connectivity index (χ0v) is 20.0. The number of pyridine rings is 1. The second-order valence-corrected chi connectivity index (χ2v) is 8.10. The van der Waals surface area contributed by atoms with E-state index in [0.29, 0.717) is 19.0 Å². The lowest BCUT2D eigenvalue weighted by atomic mass is 9.96. The van der Waals surface area contributed by atoms with E-state index in [9.17, 15) is 9.90 Å². The highest BCUT2D eigenvalue weighted by Gasteiger charge is 2.15. The first kappa shape index (κ1) is 23.8. The Morgan fingerprint density at radius 2 is 1.97 bits per heavy atom. The Hall–Kier alpha value is -4.31. The highest BCUT2D eigenvalue weighted by Crippen LogP contribution is 2.29. The van der Waals surface area contributed by atoms with Gasteiger partial charge in [0, 0.05) is 17.3 Å². The Balaban J connectivity index is 1.54. The van der Waals surface area contributed by atoms with Crippen LogP contribution in [-0.4, -0.2) is 32.3 Å². The fourth-order valence-electron chi connectivity index (χ4n) is 3.99. The maximum Gasteiger partial charge on any atom is 0.307 e. The van der Waals surface area contributed by atoms with Gasteiger partial charge in [-0.15, -0.1) is 5.92 Å². The molecule has 35 heavy (non-hydrogen) atoms. The molecule has 4 rings (SSSR count). The van der Waals surface area contributed by atoms with Crippen molar-refractivity contribution in [3.8, 4) is 34.5 Å². The van der Waals surface area contributed by atoms with E-state index < -0.39 is 0 Å². The van der Waals surface area contributed by atoms with Crippen molar-refractivity contribution in [3.63, 3.8) is 0 Å². The number of carbonyl (C=O) groups excluding carboxylic acids is 1. The number of aromatic nitrogens is 3. The number of esters is 1. The van der Waals surface area contributed by atoms with Crippen LogP contribution in [0.1, 0.15) is 42.9 Å². The average molecular weight is 470 g/mol. The molecule has 2 aromatic heterocycles. The summed E-state index contributed by atoms with van der Waals surface area (Å²) in [5, 5.41) is 14.1. The number of aromatic hydroxyl groups is 1. The van der Waals surface area contributed by atoms with Crippen LogP contribution in [0.2, 0.25) is 0 Å². The first-order valence-corrected chi connectivity index (χ1v) is 11.4. The summed E-state index contributed by atoms with van der Waals surface area (Å²) >= 11 is 0. The normalized spacial score (nSPS) is 11.5. The third-order valence-electron chi connectivity index (χ3n) is 5.64. The molecule has 0 bridgehead atoms. The molecule has 7 heteroatoms. The zero-order valence-electron chi connectivity index (χ0n) is 20.0. The lowest BCUT2D eigenvalue weighted by Gasteiger charge is -2.13. The standard InChI is InChI=1S/C28H27N3O4/c1-4-6-21(15-27(33)34-5-2)20-7-10-25(11-8-20)35-17-23-14-22(16-31-28(23)29-18-30-31)26-12-9-24(32)13-19(26)3/h7-14,16,18,21,32H,5,15,17H2,1-3H3/t21-/m0/s1. The van der Waals surface area contributed by atoms with Crippen LogP contribution in [0.3, 0.4) is 0 Å². The Morgan fingerprint density at radius 1 is 1.17 bits per heavy atom. The van der Waals surface area contributed by atoms with Crippen molar-refractivity contribution in [2.75, 3.05) is 6.61 Å². The summed E-state index contributed by atoms with van der Waals surface area (Å²) in [5.41, 5.74) is 5.44. The molecule has 0 aliphatic carbocycles. The van der Waals surface area contributed by atoms with Crippen LogP contribution >= 0.6 is 0 Å². The summed E-state index contributed by atoms with van der Waals surface area (Å²) in [6.07, 6.45) is 3.64. The summed E-state index contributed by atoms with van der Waals surface area (Å²) in [5.74, 6) is 6.42. The van der Waals surface area contributed by atoms with Crippen molar-refractivity contribution in [1.82, 2.24) is 14.6 Å². The van der Waals surface area contributed by atoms with Crippen molar-refractivity contribution < 1.29 is 19.4 Å². The highest BCUT2D eigenvalue weighted by molar-refractivity contribution is 5.71. The molecule has 0 unspecified atom stereocenters. The molecule has 7 nitrogen and oxygen atoms in total. The van der Waals surface area contributed by atoms with Gasteiger partial charge >= 0.3 is 5.97 Å². The van der Waals surface area contributed by atoms with Crippen molar-refractivity contribution in [2.45, 2.75) is 39.7 Å². The Kier molecular flexibility index (Phi) is 7.32. The molecular formula is C28H27N3O4. The first-order valence-electron chi connectivity index (χ1n) is 11.4. The molecule has 0 aliphatic heterocycles. The number of phenols is 1. The van der Waals surface area contributed by atoms with Crippen LogP contribution < -0.4 is 4.74 Å². The number of rotatable bonds is 8. The molecular weight excluding hydrogens is 442 g/mol. The van der Waals surface area contributed by atoms with Crippen molar-refractivity contribution in [2.24, 2.45) is 0 Å². The summed E-state index contributed by atoms with van der Waals surface area (Å²) in [6, 6.07) is 14.9. The lowest BCUT2D eigenvalue weighted by Crippen LogP contribution is -2.09. The van der Waals surface area contributed by atoms with E-state index in [0.717, 1.165) is 33.5 Å². The van der Waals surface area contributed by atoms with E-state index in [2.05, 4.69) is 21.9 Å². The van der Waals surface area contributed by atoms with Crippen LogP contribution in [0.5, 0.6) is 11.5 Å². The number of nitrogens with zero attached hydrogens (tertiary/aromatic N) is 3. The van der Waals surface area contributed by atoms with Gasteiger partial charge in [-0.1, -0.05) is 24.1 Å². The van der Waals surface area contributed by atoms with Crippen LogP contribution in [0.25, 0.3) is 16.8 Å². The Labute approximate surface area is 204 Å². The van der Waals surface area contributed by atoms with Gasteiger partial charge in [-0.25, -0.2) is 9.50 Å². The minimum absolute atomic E-state index is 0.212. The number of benzene rings is 2. The molecule has 0 amide bonds. The minimum atomic E-state index is -0.262. The Morgan fingerprint density at radius 3 is 2.69 bits per heavy atom. The SMILES string of the molecule is CC#C[C@@H](CC(=O)OCC)c1ccc(OCc2cc(-c3ccc(O)cc3C)cn3ncnc23)cc1. The smallest absolute Gasteiger partial charge is 0.307 e. The van der Waals surface area contributed by atoms with Gasteiger partial charge in [0.25, 0.3) is 0 Å². The summed E-state index contributed by atoms with van der Waals surface area (Å²) in [4.78, 5) is 16.3. The molecule has 0 fully saturated rings. The third-order valence-corrected chi connectivity index (χ3v) is 5.64. The first-order chi connectivity index (χ1) is 17.0. The molecule has 0 saturated carbocycles. The lowest BCUT2D eigenvalue weighted by molar-refractivity contribution is -0.143. The molecule has 0 saturated heterocycles. The maximum atomic E-state index is 11.9. The number of ether oxygens (including phenoxy) is 2. The van der Waals surface area contributed by atoms with E-state index in [4.69, 9.17) is 9.47 Å². The largest absolute Gasteiger partial charge is 0.508 e. The van der Waals surface area contributed by atoms with E-state index in [1.54, 1.807) is 30.5 Å². The van der Waals surface area contributed by atoms with Gasteiger partial charge in [0.1, 0.15) is 24.4 Å². The van der Waals surface area contributed by atoms with Gasteiger partial charge in [0.2, 0.25) is 0 Å². The highest BCUT2D eigenvalue weighted by atomic mass is 16.5. The fourth-order valence-corrected chi connectivity index (χ4v) is 3.99. The molecule has 0 aliphatic rings. The summed E-state index contributed by atoms with van der Waals surface area (Å²) < 4.78 is 12.9. The van der Waals surface area contributed by atoms with E-state index in [1.807, 2.05) is 49.5 Å². The Bertz CT molecular complexity index is 1400. The van der Waals surface area contributed by atoms with Crippen LogP contribution in [0.15, 0.2) is 61.1 Å². The quantitative estimate of drug-likeness (QED) is 0.287. The number of hydrogen-bond acceptors (Lipinski definition) is 6. The van der Waals surface area contributed by atoms with Crippen LogP contribution in [0.4, 0.5) is 0 Å². The molecule has 178 valence electrons. The van der Waals surface area contributed by atoms with Crippen molar-refractivity contribution >= 4 is 11.6 Å². The van der Waals surface area contributed by atoms with Crippen molar-refractivity contribution in [3.05, 3.63) is 77.7 Å². The van der Waals surface area contributed by atoms with Crippen molar-refractivity contribution in [1.29, 1.82) is 0 Å². The molecule has 2 aromatic carbocycles. The molecule has 0 spiro atoms. The summed E-state index contributed by atoms with van der Waals surface area (Å²) in [7, 11) is 0. The second kappa shape index (κ2) is 10.7. The predicted molar refractivity (Wildman–Crippen MR) is 133 cm³/mol. The molecule has 1 atom stereocenters. The second-order valence-electron chi connectivity index (χ2n) is 8.10. The topological polar surface area (TPSA) is 86.0 Å². The van der Waals surface area contributed by atoms with Gasteiger partial charge in [0.05, 0.1) is 18.9 Å². The average Bonchev–Trinajstić information content (AvgIpc) is 3.32. The molecule has 4 aromatic rings. The molecule has 0 radical (unpaired) electrons. The molecule has 2 heterocycles. The minimum Gasteiger partial charge on any atom is -0.508 e. The van der Waals surface area contributed by atoms with Crippen LogP contribution in [0, 0.1) is 18.8 Å². The molecule has 1 N–H and O–H groups in total. The van der Waals surface area contributed by atoms with Crippen LogP contribution in [-0.2, 0) is 16.1 Å².